The summed E-state index contributed by atoms with van der Waals surface area (Å²) in [5, 5.41) is 19.6. The van der Waals surface area contributed by atoms with Crippen molar-refractivity contribution in [2.75, 3.05) is 0 Å². The predicted molar refractivity (Wildman–Crippen MR) is 70.3 cm³/mol. The molecule has 0 spiro atoms. The van der Waals surface area contributed by atoms with Crippen molar-refractivity contribution in [3.8, 4) is 11.5 Å². The molecule has 5 nitrogen and oxygen atoms in total. The number of aryl methyl sites for hydroxylation is 1. The highest BCUT2D eigenvalue weighted by Gasteiger charge is 2.10. The van der Waals surface area contributed by atoms with E-state index in [1.807, 2.05) is 0 Å². The molecule has 2 rings (SSSR count). The van der Waals surface area contributed by atoms with Crippen LogP contribution in [0.1, 0.15) is 11.1 Å². The van der Waals surface area contributed by atoms with E-state index in [-0.39, 0.29) is 12.3 Å². The lowest BCUT2D eigenvalue weighted by atomic mass is 10.2. The van der Waals surface area contributed by atoms with Crippen LogP contribution in [-0.4, -0.2) is 10.0 Å². The number of ether oxygens (including phenoxy) is 1. The highest BCUT2D eigenvalue weighted by molar-refractivity contribution is 5.45. The van der Waals surface area contributed by atoms with Gasteiger partial charge < -0.3 is 9.84 Å². The maximum atomic E-state index is 10.7. The Morgan fingerprint density at radius 1 is 1.16 bits per heavy atom. The van der Waals surface area contributed by atoms with Crippen molar-refractivity contribution >= 4 is 5.69 Å². The standard InChI is InChI=1S/C14H13NO4/c1-10-8-13(6-7-14(10)15(17)18)19-12-4-2-11(9-16)3-5-12/h2-8,16H,9H2,1H3. The molecule has 0 amide bonds. The van der Waals surface area contributed by atoms with Gasteiger partial charge in [0.25, 0.3) is 5.69 Å². The van der Waals surface area contributed by atoms with Gasteiger partial charge in [-0.05, 0) is 36.8 Å². The number of hydrogen-bond donors (Lipinski definition) is 1. The molecule has 0 fully saturated rings. The van der Waals surface area contributed by atoms with Crippen LogP contribution in [0.5, 0.6) is 11.5 Å². The zero-order chi connectivity index (χ0) is 13.8. The van der Waals surface area contributed by atoms with Crippen LogP contribution in [0.2, 0.25) is 0 Å². The summed E-state index contributed by atoms with van der Waals surface area (Å²) < 4.78 is 5.59. The Morgan fingerprint density at radius 3 is 2.32 bits per heavy atom. The molecule has 2 aromatic rings. The first kappa shape index (κ1) is 13.0. The number of nitro groups is 1. The van der Waals surface area contributed by atoms with Crippen LogP contribution in [0.25, 0.3) is 0 Å². The van der Waals surface area contributed by atoms with Gasteiger partial charge in [-0.1, -0.05) is 12.1 Å². The number of nitro benzene ring substituents is 1. The Balaban J connectivity index is 2.18. The first-order valence-electron chi connectivity index (χ1n) is 5.73. The van der Waals surface area contributed by atoms with Crippen LogP contribution in [0, 0.1) is 17.0 Å². The highest BCUT2D eigenvalue weighted by Crippen LogP contribution is 2.27. The number of rotatable bonds is 4. The normalized spacial score (nSPS) is 10.2. The fourth-order valence-electron chi connectivity index (χ4n) is 1.70. The quantitative estimate of drug-likeness (QED) is 0.676. The minimum Gasteiger partial charge on any atom is -0.457 e. The Kier molecular flexibility index (Phi) is 3.77. The van der Waals surface area contributed by atoms with Crippen molar-refractivity contribution in [1.29, 1.82) is 0 Å². The zero-order valence-electron chi connectivity index (χ0n) is 10.4. The third-order valence-corrected chi connectivity index (χ3v) is 2.71. The van der Waals surface area contributed by atoms with E-state index in [1.165, 1.54) is 6.07 Å². The number of benzene rings is 2. The molecule has 0 saturated heterocycles. The van der Waals surface area contributed by atoms with Gasteiger partial charge in [-0.25, -0.2) is 0 Å². The first-order chi connectivity index (χ1) is 9.10. The van der Waals surface area contributed by atoms with Crippen LogP contribution in [-0.2, 0) is 6.61 Å². The first-order valence-corrected chi connectivity index (χ1v) is 5.73. The van der Waals surface area contributed by atoms with Crippen molar-refractivity contribution in [3.05, 3.63) is 63.7 Å². The summed E-state index contributed by atoms with van der Waals surface area (Å²) in [7, 11) is 0. The largest absolute Gasteiger partial charge is 0.457 e. The van der Waals surface area contributed by atoms with Gasteiger partial charge in [0.15, 0.2) is 0 Å². The molecule has 0 aromatic heterocycles. The monoisotopic (exact) mass is 259 g/mol. The Hall–Kier alpha value is -2.40. The summed E-state index contributed by atoms with van der Waals surface area (Å²) in [4.78, 5) is 10.3. The van der Waals surface area contributed by atoms with E-state index >= 15 is 0 Å². The maximum Gasteiger partial charge on any atom is 0.272 e. The van der Waals surface area contributed by atoms with Gasteiger partial charge in [-0.2, -0.15) is 0 Å². The lowest BCUT2D eigenvalue weighted by molar-refractivity contribution is -0.385. The fraction of sp³-hybridized carbons (Fsp3) is 0.143. The molecule has 0 heterocycles. The Bertz CT molecular complexity index is 593. The van der Waals surface area contributed by atoms with Crippen molar-refractivity contribution in [2.24, 2.45) is 0 Å². The molecule has 2 aromatic carbocycles. The molecular formula is C14H13NO4. The summed E-state index contributed by atoms with van der Waals surface area (Å²) >= 11 is 0. The molecule has 0 aliphatic rings. The topological polar surface area (TPSA) is 72.6 Å². The van der Waals surface area contributed by atoms with Gasteiger partial charge in [0.2, 0.25) is 0 Å². The van der Waals surface area contributed by atoms with Gasteiger partial charge in [0.05, 0.1) is 11.5 Å². The molecule has 0 atom stereocenters. The van der Waals surface area contributed by atoms with E-state index in [9.17, 15) is 10.1 Å². The SMILES string of the molecule is Cc1cc(Oc2ccc(CO)cc2)ccc1[N+](=O)[O-]. The molecule has 0 saturated carbocycles. The molecule has 0 aliphatic carbocycles. The number of hydrogen-bond acceptors (Lipinski definition) is 4. The third kappa shape index (κ3) is 3.08. The number of nitrogens with zero attached hydrogens (tertiary/aromatic N) is 1. The van der Waals surface area contributed by atoms with Crippen molar-refractivity contribution in [3.63, 3.8) is 0 Å². The summed E-state index contributed by atoms with van der Waals surface area (Å²) in [5.74, 6) is 1.16. The summed E-state index contributed by atoms with van der Waals surface area (Å²) in [5.41, 5.74) is 1.42. The smallest absolute Gasteiger partial charge is 0.272 e. The van der Waals surface area contributed by atoms with Crippen LogP contribution >= 0.6 is 0 Å². The van der Waals surface area contributed by atoms with E-state index in [2.05, 4.69) is 0 Å². The molecule has 98 valence electrons. The molecular weight excluding hydrogens is 246 g/mol. The van der Waals surface area contributed by atoms with E-state index in [0.717, 1.165) is 5.56 Å². The van der Waals surface area contributed by atoms with Gasteiger partial charge in [-0.15, -0.1) is 0 Å². The lowest BCUT2D eigenvalue weighted by Gasteiger charge is -2.07. The second-order valence-electron chi connectivity index (χ2n) is 4.11. The second kappa shape index (κ2) is 5.49. The van der Waals surface area contributed by atoms with Crippen LogP contribution in [0.4, 0.5) is 5.69 Å². The minimum absolute atomic E-state index is 0.0169. The van der Waals surface area contributed by atoms with E-state index in [4.69, 9.17) is 9.84 Å². The Morgan fingerprint density at radius 2 is 1.79 bits per heavy atom. The third-order valence-electron chi connectivity index (χ3n) is 2.71. The van der Waals surface area contributed by atoms with Crippen LogP contribution in [0.3, 0.4) is 0 Å². The molecule has 5 heteroatoms. The molecule has 19 heavy (non-hydrogen) atoms. The number of aliphatic hydroxyl groups is 1. The zero-order valence-corrected chi connectivity index (χ0v) is 10.4. The average molecular weight is 259 g/mol. The van der Waals surface area contributed by atoms with Crippen molar-refractivity contribution < 1.29 is 14.8 Å². The fourth-order valence-corrected chi connectivity index (χ4v) is 1.70. The Labute approximate surface area is 110 Å². The van der Waals surface area contributed by atoms with Crippen LogP contribution in [0.15, 0.2) is 42.5 Å². The molecule has 1 N–H and O–H groups in total. The van der Waals surface area contributed by atoms with E-state index in [1.54, 1.807) is 43.3 Å². The van der Waals surface area contributed by atoms with Gasteiger partial charge >= 0.3 is 0 Å². The second-order valence-corrected chi connectivity index (χ2v) is 4.11. The molecule has 0 bridgehead atoms. The van der Waals surface area contributed by atoms with Gasteiger partial charge in [0, 0.05) is 11.6 Å². The maximum absolute atomic E-state index is 10.7. The molecule has 0 unspecified atom stereocenters. The van der Waals surface area contributed by atoms with E-state index in [0.29, 0.717) is 17.1 Å². The summed E-state index contributed by atoms with van der Waals surface area (Å²) in [6.45, 7) is 1.65. The summed E-state index contributed by atoms with van der Waals surface area (Å²) in [6, 6.07) is 11.6. The van der Waals surface area contributed by atoms with Crippen LogP contribution < -0.4 is 4.74 Å². The van der Waals surface area contributed by atoms with E-state index < -0.39 is 4.92 Å². The lowest BCUT2D eigenvalue weighted by Crippen LogP contribution is -1.92. The average Bonchev–Trinajstić information content (AvgIpc) is 2.39. The van der Waals surface area contributed by atoms with Gasteiger partial charge in [0.1, 0.15) is 11.5 Å². The highest BCUT2D eigenvalue weighted by atomic mass is 16.6. The molecule has 0 radical (unpaired) electrons. The minimum atomic E-state index is -0.421. The van der Waals surface area contributed by atoms with Crippen molar-refractivity contribution in [2.45, 2.75) is 13.5 Å². The summed E-state index contributed by atoms with van der Waals surface area (Å²) in [6.07, 6.45) is 0. The predicted octanol–water partition coefficient (Wildman–Crippen LogP) is 3.19. The number of aliphatic hydroxyl groups excluding tert-OH is 1. The van der Waals surface area contributed by atoms with Crippen molar-refractivity contribution in [1.82, 2.24) is 0 Å². The van der Waals surface area contributed by atoms with Gasteiger partial charge in [-0.3, -0.25) is 10.1 Å². The molecule has 0 aliphatic heterocycles.